The second-order valence-electron chi connectivity index (χ2n) is 6.02. The van der Waals surface area contributed by atoms with Gasteiger partial charge >= 0.3 is 0 Å². The highest BCUT2D eigenvalue weighted by atomic mass is 16.2. The Bertz CT molecular complexity index is 927. The van der Waals surface area contributed by atoms with Crippen molar-refractivity contribution in [2.24, 2.45) is 0 Å². The molecule has 0 unspecified atom stereocenters. The van der Waals surface area contributed by atoms with E-state index in [0.29, 0.717) is 30.0 Å². The monoisotopic (exact) mass is 334 g/mol. The van der Waals surface area contributed by atoms with Crippen LogP contribution in [0, 0.1) is 0 Å². The molecule has 1 aliphatic rings. The van der Waals surface area contributed by atoms with Gasteiger partial charge in [-0.05, 0) is 36.4 Å². The molecule has 0 saturated carbocycles. The Morgan fingerprint density at radius 2 is 1.88 bits per heavy atom. The molecule has 6 nitrogen and oxygen atoms in total. The van der Waals surface area contributed by atoms with Gasteiger partial charge in [-0.2, -0.15) is 0 Å². The van der Waals surface area contributed by atoms with E-state index in [1.807, 2.05) is 29.3 Å². The smallest absolute Gasteiger partial charge is 0.254 e. The molecule has 1 fully saturated rings. The van der Waals surface area contributed by atoms with E-state index in [2.05, 4.69) is 10.3 Å². The Balaban J connectivity index is 1.77. The van der Waals surface area contributed by atoms with Gasteiger partial charge in [0.15, 0.2) is 0 Å². The third kappa shape index (κ3) is 2.92. The van der Waals surface area contributed by atoms with Crippen molar-refractivity contribution in [3.05, 3.63) is 71.8 Å². The summed E-state index contributed by atoms with van der Waals surface area (Å²) < 4.78 is 1.80. The summed E-state index contributed by atoms with van der Waals surface area (Å²) in [5.41, 5.74) is 2.16. The summed E-state index contributed by atoms with van der Waals surface area (Å²) in [4.78, 5) is 31.7. The van der Waals surface area contributed by atoms with Crippen LogP contribution in [0.4, 0.5) is 0 Å². The largest absolute Gasteiger partial charge is 0.336 e. The van der Waals surface area contributed by atoms with Crippen LogP contribution in [-0.4, -0.2) is 52.2 Å². The topological polar surface area (TPSA) is 66.7 Å². The van der Waals surface area contributed by atoms with Crippen molar-refractivity contribution in [2.45, 2.75) is 0 Å². The van der Waals surface area contributed by atoms with E-state index >= 15 is 0 Å². The predicted octanol–water partition coefficient (Wildman–Crippen LogP) is 1.61. The number of fused-ring (bicyclic) bond motifs is 1. The third-order valence-electron chi connectivity index (χ3n) is 4.42. The van der Waals surface area contributed by atoms with E-state index in [9.17, 15) is 9.59 Å². The highest BCUT2D eigenvalue weighted by molar-refractivity contribution is 6.08. The molecule has 4 heterocycles. The van der Waals surface area contributed by atoms with Crippen LogP contribution in [0.15, 0.2) is 54.9 Å². The standard InChI is InChI=1S/C19H18N4O2/c24-18(16-5-1-2-6-21-16)17-13-14(12-15-4-3-9-23(15)17)19(25)22-10-7-20-8-11-22/h1-6,9,12-13,20H,7-8,10-11H2. The van der Waals surface area contributed by atoms with Crippen molar-refractivity contribution in [1.29, 1.82) is 0 Å². The summed E-state index contributed by atoms with van der Waals surface area (Å²) in [6.45, 7) is 2.93. The summed E-state index contributed by atoms with van der Waals surface area (Å²) in [5.74, 6) is -0.239. The number of carbonyl (C=O) groups excluding carboxylic acids is 2. The van der Waals surface area contributed by atoms with Gasteiger partial charge in [-0.25, -0.2) is 0 Å². The zero-order valence-electron chi connectivity index (χ0n) is 13.7. The number of hydrogen-bond donors (Lipinski definition) is 1. The Hall–Kier alpha value is -2.99. The van der Waals surface area contributed by atoms with Gasteiger partial charge in [-0.1, -0.05) is 6.07 Å². The molecule has 0 aliphatic carbocycles. The summed E-state index contributed by atoms with van der Waals surface area (Å²) in [7, 11) is 0. The highest BCUT2D eigenvalue weighted by Gasteiger charge is 2.21. The van der Waals surface area contributed by atoms with Crippen LogP contribution in [0.5, 0.6) is 0 Å². The number of amides is 1. The summed E-state index contributed by atoms with van der Waals surface area (Å²) in [6.07, 6.45) is 3.42. The molecule has 1 aliphatic heterocycles. The first-order valence-corrected chi connectivity index (χ1v) is 8.31. The van der Waals surface area contributed by atoms with E-state index in [-0.39, 0.29) is 11.7 Å². The number of carbonyl (C=O) groups is 2. The van der Waals surface area contributed by atoms with Crippen LogP contribution in [0.2, 0.25) is 0 Å². The second kappa shape index (κ2) is 6.49. The number of piperazine rings is 1. The number of aromatic nitrogens is 2. The van der Waals surface area contributed by atoms with E-state index in [1.54, 1.807) is 34.9 Å². The zero-order valence-corrected chi connectivity index (χ0v) is 13.7. The summed E-state index contributed by atoms with van der Waals surface area (Å²) >= 11 is 0. The highest BCUT2D eigenvalue weighted by Crippen LogP contribution is 2.18. The van der Waals surface area contributed by atoms with Crippen LogP contribution in [0.25, 0.3) is 5.52 Å². The lowest BCUT2D eigenvalue weighted by Gasteiger charge is -2.27. The van der Waals surface area contributed by atoms with Gasteiger partial charge in [0.1, 0.15) is 5.69 Å². The maximum atomic E-state index is 12.9. The Kier molecular flexibility index (Phi) is 4.03. The molecule has 0 bridgehead atoms. The van der Waals surface area contributed by atoms with Crippen LogP contribution in [-0.2, 0) is 0 Å². The molecule has 6 heteroatoms. The third-order valence-corrected chi connectivity index (χ3v) is 4.42. The van der Waals surface area contributed by atoms with Gasteiger partial charge in [0, 0.05) is 49.7 Å². The Labute approximate surface area is 145 Å². The van der Waals surface area contributed by atoms with E-state index < -0.39 is 0 Å². The van der Waals surface area contributed by atoms with Crippen LogP contribution in [0.3, 0.4) is 0 Å². The minimum Gasteiger partial charge on any atom is -0.336 e. The quantitative estimate of drug-likeness (QED) is 0.739. The summed E-state index contributed by atoms with van der Waals surface area (Å²) in [5, 5.41) is 3.24. The van der Waals surface area contributed by atoms with Crippen molar-refractivity contribution < 1.29 is 9.59 Å². The molecule has 1 saturated heterocycles. The van der Waals surface area contributed by atoms with Crippen molar-refractivity contribution in [2.75, 3.05) is 26.2 Å². The lowest BCUT2D eigenvalue weighted by atomic mass is 10.1. The van der Waals surface area contributed by atoms with E-state index in [0.717, 1.165) is 18.6 Å². The van der Waals surface area contributed by atoms with Crippen molar-refractivity contribution in [3.63, 3.8) is 0 Å². The van der Waals surface area contributed by atoms with E-state index in [4.69, 9.17) is 0 Å². The average Bonchev–Trinajstić information content (AvgIpc) is 3.16. The molecule has 0 atom stereocenters. The van der Waals surface area contributed by atoms with Gasteiger partial charge in [0.25, 0.3) is 5.91 Å². The minimum absolute atomic E-state index is 0.0414. The maximum Gasteiger partial charge on any atom is 0.254 e. The van der Waals surface area contributed by atoms with Crippen molar-refractivity contribution in [1.82, 2.24) is 19.6 Å². The molecule has 1 N–H and O–H groups in total. The van der Waals surface area contributed by atoms with Crippen molar-refractivity contribution in [3.8, 4) is 0 Å². The molecule has 1 amide bonds. The van der Waals surface area contributed by atoms with Gasteiger partial charge in [-0.15, -0.1) is 0 Å². The fraction of sp³-hybridized carbons (Fsp3) is 0.211. The molecule has 126 valence electrons. The zero-order chi connectivity index (χ0) is 17.2. The molecule has 0 spiro atoms. The lowest BCUT2D eigenvalue weighted by molar-refractivity contribution is 0.0736. The Morgan fingerprint density at radius 1 is 1.04 bits per heavy atom. The van der Waals surface area contributed by atoms with Crippen LogP contribution >= 0.6 is 0 Å². The SMILES string of the molecule is O=C(c1ccccn1)c1cc(C(=O)N2CCNCC2)cc2cccn12. The molecular formula is C19H18N4O2. The van der Waals surface area contributed by atoms with Gasteiger partial charge < -0.3 is 14.6 Å². The maximum absolute atomic E-state index is 12.9. The fourth-order valence-corrected chi connectivity index (χ4v) is 3.13. The first-order chi connectivity index (χ1) is 12.2. The van der Waals surface area contributed by atoms with E-state index in [1.165, 1.54) is 0 Å². The fourth-order valence-electron chi connectivity index (χ4n) is 3.13. The predicted molar refractivity (Wildman–Crippen MR) is 93.8 cm³/mol. The molecular weight excluding hydrogens is 316 g/mol. The van der Waals surface area contributed by atoms with Crippen LogP contribution in [0.1, 0.15) is 26.5 Å². The molecule has 25 heavy (non-hydrogen) atoms. The first kappa shape index (κ1) is 15.5. The average molecular weight is 334 g/mol. The normalized spacial score (nSPS) is 14.6. The van der Waals surface area contributed by atoms with Crippen LogP contribution < -0.4 is 5.32 Å². The lowest BCUT2D eigenvalue weighted by Crippen LogP contribution is -2.46. The van der Waals surface area contributed by atoms with Gasteiger partial charge in [0.2, 0.25) is 5.78 Å². The second-order valence-corrected chi connectivity index (χ2v) is 6.02. The molecule has 3 aromatic rings. The number of ketones is 1. The number of nitrogens with one attached hydrogen (secondary N) is 1. The Morgan fingerprint density at radius 3 is 2.64 bits per heavy atom. The van der Waals surface area contributed by atoms with Gasteiger partial charge in [0.05, 0.1) is 5.69 Å². The first-order valence-electron chi connectivity index (χ1n) is 8.31. The van der Waals surface area contributed by atoms with Crippen molar-refractivity contribution >= 4 is 17.2 Å². The van der Waals surface area contributed by atoms with Gasteiger partial charge in [-0.3, -0.25) is 14.6 Å². The number of hydrogen-bond acceptors (Lipinski definition) is 4. The number of nitrogens with zero attached hydrogens (tertiary/aromatic N) is 3. The number of rotatable bonds is 3. The minimum atomic E-state index is -0.197. The number of pyridine rings is 2. The molecule has 3 aromatic heterocycles. The summed E-state index contributed by atoms with van der Waals surface area (Å²) in [6, 6.07) is 12.5. The molecule has 0 aromatic carbocycles. The molecule has 0 radical (unpaired) electrons. The molecule has 4 rings (SSSR count).